The smallest absolute Gasteiger partial charge is 0.243 e. The van der Waals surface area contributed by atoms with E-state index in [1.165, 1.54) is 19.3 Å². The van der Waals surface area contributed by atoms with Gasteiger partial charge in [0.25, 0.3) is 0 Å². The molecule has 0 atom stereocenters. The lowest BCUT2D eigenvalue weighted by Crippen LogP contribution is -2.38. The number of hydrazine groups is 1. The minimum atomic E-state index is 0.419. The Hall–Kier alpha value is -1.67. The molecule has 8 nitrogen and oxygen atoms in total. The summed E-state index contributed by atoms with van der Waals surface area (Å²) in [6.45, 7) is 5.00. The van der Waals surface area contributed by atoms with Crippen LogP contribution >= 0.6 is 0 Å². The SMILES string of the molecule is NNc1nc(N2CCCCC2)nc(N2CCOCC2)n1. The standard InChI is InChI=1S/C12H21N7O/c13-17-10-14-11(18-4-2-1-3-5-18)16-12(15-10)19-6-8-20-9-7-19/h1-9,13H2,(H,14,15,16,17). The number of hydrogen-bond acceptors (Lipinski definition) is 8. The van der Waals surface area contributed by atoms with Crippen molar-refractivity contribution in [2.45, 2.75) is 19.3 Å². The highest BCUT2D eigenvalue weighted by Crippen LogP contribution is 2.20. The van der Waals surface area contributed by atoms with Crippen molar-refractivity contribution in [1.82, 2.24) is 15.0 Å². The topological polar surface area (TPSA) is 92.4 Å². The molecule has 0 aromatic carbocycles. The predicted octanol–water partition coefficient (Wildman–Crippen LogP) is -0.0159. The van der Waals surface area contributed by atoms with Gasteiger partial charge in [-0.1, -0.05) is 0 Å². The van der Waals surface area contributed by atoms with E-state index in [-0.39, 0.29) is 0 Å². The molecule has 2 fully saturated rings. The van der Waals surface area contributed by atoms with E-state index < -0.39 is 0 Å². The molecule has 0 amide bonds. The van der Waals surface area contributed by atoms with E-state index in [0.717, 1.165) is 26.2 Å². The molecule has 110 valence electrons. The Balaban J connectivity index is 1.85. The molecule has 0 radical (unpaired) electrons. The van der Waals surface area contributed by atoms with Gasteiger partial charge >= 0.3 is 0 Å². The summed E-state index contributed by atoms with van der Waals surface area (Å²) in [5.74, 6) is 7.30. The van der Waals surface area contributed by atoms with Gasteiger partial charge in [-0.2, -0.15) is 15.0 Å². The van der Waals surface area contributed by atoms with Gasteiger partial charge in [0.2, 0.25) is 17.8 Å². The van der Waals surface area contributed by atoms with Crippen LogP contribution in [0.5, 0.6) is 0 Å². The number of nitrogen functional groups attached to an aromatic ring is 1. The first kappa shape index (κ1) is 13.3. The summed E-state index contributed by atoms with van der Waals surface area (Å²) in [7, 11) is 0. The quantitative estimate of drug-likeness (QED) is 0.589. The van der Waals surface area contributed by atoms with Gasteiger partial charge in [0.15, 0.2) is 0 Å². The van der Waals surface area contributed by atoms with Crippen LogP contribution in [0.3, 0.4) is 0 Å². The molecule has 0 aliphatic carbocycles. The molecule has 3 rings (SSSR count). The van der Waals surface area contributed by atoms with Gasteiger partial charge < -0.3 is 14.5 Å². The van der Waals surface area contributed by atoms with Crippen molar-refractivity contribution < 1.29 is 4.74 Å². The second kappa shape index (κ2) is 6.19. The van der Waals surface area contributed by atoms with Crippen molar-refractivity contribution in [2.75, 3.05) is 54.6 Å². The number of nitrogens with zero attached hydrogens (tertiary/aromatic N) is 5. The maximum Gasteiger partial charge on any atom is 0.243 e. The Morgan fingerprint density at radius 3 is 2.05 bits per heavy atom. The maximum atomic E-state index is 5.48. The third-order valence-corrected chi connectivity index (χ3v) is 3.67. The van der Waals surface area contributed by atoms with Gasteiger partial charge in [0.05, 0.1) is 13.2 Å². The highest BCUT2D eigenvalue weighted by Gasteiger charge is 2.20. The predicted molar refractivity (Wildman–Crippen MR) is 76.7 cm³/mol. The number of nitrogens with two attached hydrogens (primary N) is 1. The molecule has 1 aromatic rings. The number of ether oxygens (including phenoxy) is 1. The number of piperidine rings is 1. The second-order valence-corrected chi connectivity index (χ2v) is 5.05. The Labute approximate surface area is 118 Å². The molecule has 2 aliphatic heterocycles. The van der Waals surface area contributed by atoms with E-state index in [0.29, 0.717) is 31.1 Å². The van der Waals surface area contributed by atoms with Crippen LogP contribution in [-0.4, -0.2) is 54.3 Å². The number of anilines is 3. The van der Waals surface area contributed by atoms with Gasteiger partial charge in [-0.25, -0.2) is 5.84 Å². The molecule has 0 saturated carbocycles. The molecule has 3 heterocycles. The highest BCUT2D eigenvalue weighted by molar-refractivity contribution is 5.45. The Morgan fingerprint density at radius 1 is 0.850 bits per heavy atom. The Morgan fingerprint density at radius 2 is 1.45 bits per heavy atom. The number of hydrogen-bond donors (Lipinski definition) is 2. The summed E-state index contributed by atoms with van der Waals surface area (Å²) >= 11 is 0. The van der Waals surface area contributed by atoms with Crippen molar-refractivity contribution >= 4 is 17.8 Å². The molecular formula is C12H21N7O. The highest BCUT2D eigenvalue weighted by atomic mass is 16.5. The lowest BCUT2D eigenvalue weighted by Gasteiger charge is -2.30. The molecule has 0 spiro atoms. The molecule has 0 unspecified atom stereocenters. The van der Waals surface area contributed by atoms with Gasteiger partial charge in [-0.05, 0) is 19.3 Å². The number of morpholine rings is 1. The summed E-state index contributed by atoms with van der Waals surface area (Å²) in [5, 5.41) is 0. The fourth-order valence-electron chi connectivity index (χ4n) is 2.56. The fourth-order valence-corrected chi connectivity index (χ4v) is 2.56. The van der Waals surface area contributed by atoms with Crippen LogP contribution in [0.25, 0.3) is 0 Å². The van der Waals surface area contributed by atoms with Gasteiger partial charge in [0.1, 0.15) is 0 Å². The molecule has 2 aliphatic rings. The van der Waals surface area contributed by atoms with Gasteiger partial charge in [-0.15, -0.1) is 0 Å². The molecule has 0 bridgehead atoms. The summed E-state index contributed by atoms with van der Waals surface area (Å²) in [5.41, 5.74) is 2.54. The third-order valence-electron chi connectivity index (χ3n) is 3.67. The zero-order valence-corrected chi connectivity index (χ0v) is 11.6. The summed E-state index contributed by atoms with van der Waals surface area (Å²) in [6.07, 6.45) is 3.65. The van der Waals surface area contributed by atoms with Crippen LogP contribution in [0.4, 0.5) is 17.8 Å². The normalized spacial score (nSPS) is 20.1. The third kappa shape index (κ3) is 2.91. The zero-order valence-electron chi connectivity index (χ0n) is 11.6. The monoisotopic (exact) mass is 279 g/mol. The average molecular weight is 279 g/mol. The largest absolute Gasteiger partial charge is 0.378 e. The minimum Gasteiger partial charge on any atom is -0.378 e. The lowest BCUT2D eigenvalue weighted by molar-refractivity contribution is 0.122. The fraction of sp³-hybridized carbons (Fsp3) is 0.750. The molecule has 1 aromatic heterocycles. The lowest BCUT2D eigenvalue weighted by atomic mass is 10.1. The Bertz CT molecular complexity index is 407. The van der Waals surface area contributed by atoms with Crippen molar-refractivity contribution in [2.24, 2.45) is 5.84 Å². The van der Waals surface area contributed by atoms with E-state index in [1.54, 1.807) is 0 Å². The van der Waals surface area contributed by atoms with Crippen LogP contribution in [0.2, 0.25) is 0 Å². The zero-order chi connectivity index (χ0) is 13.8. The minimum absolute atomic E-state index is 0.419. The van der Waals surface area contributed by atoms with Crippen LogP contribution in [0.15, 0.2) is 0 Å². The van der Waals surface area contributed by atoms with Crippen LogP contribution in [0, 0.1) is 0 Å². The van der Waals surface area contributed by atoms with Crippen molar-refractivity contribution in [3.05, 3.63) is 0 Å². The van der Waals surface area contributed by atoms with Crippen LogP contribution in [0.1, 0.15) is 19.3 Å². The van der Waals surface area contributed by atoms with Crippen LogP contribution in [-0.2, 0) is 4.74 Å². The van der Waals surface area contributed by atoms with E-state index in [4.69, 9.17) is 10.6 Å². The second-order valence-electron chi connectivity index (χ2n) is 5.05. The summed E-state index contributed by atoms with van der Waals surface area (Å²) < 4.78 is 5.36. The summed E-state index contributed by atoms with van der Waals surface area (Å²) in [6, 6.07) is 0. The van der Waals surface area contributed by atoms with E-state index in [1.807, 2.05) is 0 Å². The van der Waals surface area contributed by atoms with Gasteiger partial charge in [0, 0.05) is 26.2 Å². The van der Waals surface area contributed by atoms with Crippen molar-refractivity contribution in [1.29, 1.82) is 0 Å². The van der Waals surface area contributed by atoms with Crippen molar-refractivity contribution in [3.8, 4) is 0 Å². The van der Waals surface area contributed by atoms with E-state index in [9.17, 15) is 0 Å². The Kier molecular flexibility index (Phi) is 4.12. The molecule has 8 heteroatoms. The maximum absolute atomic E-state index is 5.48. The first-order chi connectivity index (χ1) is 9.86. The van der Waals surface area contributed by atoms with E-state index in [2.05, 4.69) is 30.2 Å². The van der Waals surface area contributed by atoms with Crippen LogP contribution < -0.4 is 21.1 Å². The first-order valence-electron chi connectivity index (χ1n) is 7.17. The van der Waals surface area contributed by atoms with Gasteiger partial charge in [-0.3, -0.25) is 5.43 Å². The molecule has 20 heavy (non-hydrogen) atoms. The average Bonchev–Trinajstić information content (AvgIpc) is 2.56. The molecule has 3 N–H and O–H groups in total. The number of nitrogens with one attached hydrogen (secondary N) is 1. The summed E-state index contributed by atoms with van der Waals surface area (Å²) in [4.78, 5) is 17.7. The van der Waals surface area contributed by atoms with Crippen molar-refractivity contribution in [3.63, 3.8) is 0 Å². The van der Waals surface area contributed by atoms with E-state index >= 15 is 0 Å². The molecular weight excluding hydrogens is 258 g/mol. The number of rotatable bonds is 3. The first-order valence-corrected chi connectivity index (χ1v) is 7.17. The number of aromatic nitrogens is 3. The molecule has 2 saturated heterocycles.